The molecule has 6 heteroatoms. The van der Waals surface area contributed by atoms with Crippen LogP contribution in [0.15, 0.2) is 24.3 Å². The zero-order valence-corrected chi connectivity index (χ0v) is 15.2. The lowest BCUT2D eigenvalue weighted by molar-refractivity contribution is -0.170. The van der Waals surface area contributed by atoms with E-state index < -0.39 is 11.0 Å². The predicted molar refractivity (Wildman–Crippen MR) is 93.7 cm³/mol. The Labute approximate surface area is 148 Å². The molecule has 134 valence electrons. The highest BCUT2D eigenvalue weighted by molar-refractivity contribution is 5.89. The number of rotatable bonds is 5. The number of amides is 1. The van der Waals surface area contributed by atoms with E-state index in [-0.39, 0.29) is 42.2 Å². The number of carbonyl (C=O) groups excluding carboxylic acids is 1. The monoisotopic (exact) mass is 356 g/mol. The van der Waals surface area contributed by atoms with Crippen molar-refractivity contribution in [2.75, 3.05) is 6.61 Å². The Morgan fingerprint density at radius 3 is 2.75 bits per heavy atom. The number of benzene rings is 1. The number of hydrogen-bond donors (Lipinski definition) is 2. The molecule has 2 fully saturated rings. The minimum Gasteiger partial charge on any atom is -0.378 e. The molecule has 0 spiro atoms. The zero-order chi connectivity index (χ0) is 16.8. The molecule has 1 aromatic carbocycles. The zero-order valence-electron chi connectivity index (χ0n) is 14.3. The number of halogens is 2. The summed E-state index contributed by atoms with van der Waals surface area (Å²) in [5.41, 5.74) is 6.02. The summed E-state index contributed by atoms with van der Waals surface area (Å²) in [5, 5.41) is 3.04. The van der Waals surface area contributed by atoms with Crippen molar-refractivity contribution >= 4 is 18.3 Å². The summed E-state index contributed by atoms with van der Waals surface area (Å²) < 4.78 is 19.0. The minimum atomic E-state index is -0.901. The number of ether oxygens (including phenoxy) is 1. The summed E-state index contributed by atoms with van der Waals surface area (Å²) in [5.74, 6) is -0.180. The Bertz CT molecular complexity index is 625. The van der Waals surface area contributed by atoms with Crippen molar-refractivity contribution in [2.24, 2.45) is 11.1 Å². The standard InChI is InChI=1S/C18H25FN2O2.ClH/c1-4-23-15-10-18(20,17(15,2)3)16(22)21-14-9-13(14)11-6-5-7-12(19)8-11;/h5-8,13-15H,4,9-10,20H2,1-3H3,(H,21,22);1H. The summed E-state index contributed by atoms with van der Waals surface area (Å²) in [7, 11) is 0. The SMILES string of the molecule is CCOC1CC(N)(C(=O)NC2CC2c2cccc(F)c2)C1(C)C.Cl. The van der Waals surface area contributed by atoms with E-state index >= 15 is 0 Å². The Morgan fingerprint density at radius 1 is 1.46 bits per heavy atom. The first-order chi connectivity index (χ1) is 10.8. The molecule has 0 saturated heterocycles. The molecule has 24 heavy (non-hydrogen) atoms. The summed E-state index contributed by atoms with van der Waals surface area (Å²) in [6, 6.07) is 6.61. The van der Waals surface area contributed by atoms with Crippen LogP contribution in [0.3, 0.4) is 0 Å². The highest BCUT2D eigenvalue weighted by Gasteiger charge is 2.63. The van der Waals surface area contributed by atoms with Gasteiger partial charge in [0.25, 0.3) is 0 Å². The third-order valence-corrected chi connectivity index (χ3v) is 5.62. The second-order valence-electron chi connectivity index (χ2n) is 7.32. The molecular formula is C18H26ClFN2O2. The van der Waals surface area contributed by atoms with Crippen molar-refractivity contribution in [3.8, 4) is 0 Å². The van der Waals surface area contributed by atoms with E-state index in [1.807, 2.05) is 26.8 Å². The maximum atomic E-state index is 13.3. The highest BCUT2D eigenvalue weighted by atomic mass is 35.5. The van der Waals surface area contributed by atoms with E-state index in [9.17, 15) is 9.18 Å². The van der Waals surface area contributed by atoms with Gasteiger partial charge in [0.1, 0.15) is 11.4 Å². The molecule has 0 aliphatic heterocycles. The second-order valence-corrected chi connectivity index (χ2v) is 7.32. The van der Waals surface area contributed by atoms with Crippen LogP contribution in [-0.4, -0.2) is 30.2 Å². The lowest BCUT2D eigenvalue weighted by atomic mass is 9.54. The fourth-order valence-electron chi connectivity index (χ4n) is 3.58. The van der Waals surface area contributed by atoms with Gasteiger partial charge < -0.3 is 15.8 Å². The van der Waals surface area contributed by atoms with Gasteiger partial charge in [0.2, 0.25) is 5.91 Å². The Hall–Kier alpha value is -1.17. The van der Waals surface area contributed by atoms with Crippen LogP contribution in [0.2, 0.25) is 0 Å². The molecule has 3 N–H and O–H groups in total. The molecule has 0 aromatic heterocycles. The van der Waals surface area contributed by atoms with Crippen molar-refractivity contribution in [1.82, 2.24) is 5.32 Å². The lowest BCUT2D eigenvalue weighted by Gasteiger charge is -2.57. The maximum absolute atomic E-state index is 13.3. The normalized spacial score (nSPS) is 33.1. The summed E-state index contributed by atoms with van der Waals surface area (Å²) in [6.07, 6.45) is 1.39. The van der Waals surface area contributed by atoms with Crippen molar-refractivity contribution < 1.29 is 13.9 Å². The van der Waals surface area contributed by atoms with Crippen LogP contribution in [0.25, 0.3) is 0 Å². The Kier molecular flexibility index (Phi) is 5.28. The van der Waals surface area contributed by atoms with Gasteiger partial charge in [-0.25, -0.2) is 4.39 Å². The Morgan fingerprint density at radius 2 is 2.17 bits per heavy atom. The van der Waals surface area contributed by atoms with Gasteiger partial charge in [-0.1, -0.05) is 26.0 Å². The fourth-order valence-corrected chi connectivity index (χ4v) is 3.58. The van der Waals surface area contributed by atoms with Crippen LogP contribution in [0, 0.1) is 11.2 Å². The molecule has 2 saturated carbocycles. The number of nitrogens with one attached hydrogen (secondary N) is 1. The molecular weight excluding hydrogens is 331 g/mol. The smallest absolute Gasteiger partial charge is 0.241 e. The lowest BCUT2D eigenvalue weighted by Crippen LogP contribution is -2.76. The van der Waals surface area contributed by atoms with E-state index in [1.165, 1.54) is 12.1 Å². The van der Waals surface area contributed by atoms with Crippen LogP contribution in [0.4, 0.5) is 4.39 Å². The van der Waals surface area contributed by atoms with Crippen molar-refractivity contribution in [3.05, 3.63) is 35.6 Å². The van der Waals surface area contributed by atoms with Crippen molar-refractivity contribution in [2.45, 2.75) is 57.2 Å². The van der Waals surface area contributed by atoms with Gasteiger partial charge in [-0.05, 0) is 31.0 Å². The van der Waals surface area contributed by atoms with E-state index in [4.69, 9.17) is 10.5 Å². The van der Waals surface area contributed by atoms with E-state index in [2.05, 4.69) is 5.32 Å². The third-order valence-electron chi connectivity index (χ3n) is 5.62. The fraction of sp³-hybridized carbons (Fsp3) is 0.611. The number of carbonyl (C=O) groups is 1. The highest BCUT2D eigenvalue weighted by Crippen LogP contribution is 2.50. The first kappa shape index (κ1) is 19.2. The van der Waals surface area contributed by atoms with E-state index in [1.54, 1.807) is 6.07 Å². The first-order valence-corrected chi connectivity index (χ1v) is 8.26. The first-order valence-electron chi connectivity index (χ1n) is 8.26. The average molecular weight is 357 g/mol. The minimum absolute atomic E-state index is 0. The molecule has 3 rings (SSSR count). The van der Waals surface area contributed by atoms with Crippen LogP contribution in [-0.2, 0) is 9.53 Å². The summed E-state index contributed by atoms with van der Waals surface area (Å²) >= 11 is 0. The maximum Gasteiger partial charge on any atom is 0.241 e. The van der Waals surface area contributed by atoms with Gasteiger partial charge in [-0.15, -0.1) is 12.4 Å². The van der Waals surface area contributed by atoms with E-state index in [0.717, 1.165) is 12.0 Å². The molecule has 4 nitrogen and oxygen atoms in total. The van der Waals surface area contributed by atoms with Gasteiger partial charge in [0, 0.05) is 30.4 Å². The molecule has 4 unspecified atom stereocenters. The average Bonchev–Trinajstić information content (AvgIpc) is 3.26. The third kappa shape index (κ3) is 3.05. The largest absolute Gasteiger partial charge is 0.378 e. The van der Waals surface area contributed by atoms with Gasteiger partial charge in [0.15, 0.2) is 0 Å². The van der Waals surface area contributed by atoms with Crippen molar-refractivity contribution in [3.63, 3.8) is 0 Å². The van der Waals surface area contributed by atoms with Crippen LogP contribution in [0.5, 0.6) is 0 Å². The molecule has 2 aliphatic rings. The number of hydrogen-bond acceptors (Lipinski definition) is 3. The van der Waals surface area contributed by atoms with Gasteiger partial charge in [-0.3, -0.25) is 4.79 Å². The van der Waals surface area contributed by atoms with E-state index in [0.29, 0.717) is 13.0 Å². The molecule has 4 atom stereocenters. The molecule has 0 bridgehead atoms. The molecule has 0 heterocycles. The topological polar surface area (TPSA) is 64.3 Å². The molecule has 0 radical (unpaired) electrons. The second kappa shape index (κ2) is 6.62. The van der Waals surface area contributed by atoms with Gasteiger partial charge >= 0.3 is 0 Å². The molecule has 1 aromatic rings. The van der Waals surface area contributed by atoms with Crippen LogP contribution < -0.4 is 11.1 Å². The molecule has 2 aliphatic carbocycles. The number of nitrogens with two attached hydrogens (primary N) is 1. The van der Waals surface area contributed by atoms with Crippen molar-refractivity contribution in [1.29, 1.82) is 0 Å². The van der Waals surface area contributed by atoms with Crippen LogP contribution >= 0.6 is 12.4 Å². The summed E-state index contributed by atoms with van der Waals surface area (Å²) in [6.45, 7) is 6.53. The summed E-state index contributed by atoms with van der Waals surface area (Å²) in [4.78, 5) is 12.6. The Balaban J connectivity index is 0.00000208. The predicted octanol–water partition coefficient (Wildman–Crippen LogP) is 2.75. The van der Waals surface area contributed by atoms with Gasteiger partial charge in [0.05, 0.1) is 6.10 Å². The van der Waals surface area contributed by atoms with Crippen LogP contribution in [0.1, 0.15) is 45.1 Å². The molecule has 1 amide bonds. The quantitative estimate of drug-likeness (QED) is 0.852. The van der Waals surface area contributed by atoms with Gasteiger partial charge in [-0.2, -0.15) is 0 Å².